The van der Waals surface area contributed by atoms with Gasteiger partial charge in [-0.3, -0.25) is 8.79 Å². The highest BCUT2D eigenvalue weighted by atomic mass is 32.2. The van der Waals surface area contributed by atoms with E-state index in [-0.39, 0.29) is 18.6 Å². The number of halogens is 3. The Morgan fingerprint density at radius 3 is 2.53 bits per heavy atom. The van der Waals surface area contributed by atoms with Crippen molar-refractivity contribution in [3.05, 3.63) is 23.5 Å². The van der Waals surface area contributed by atoms with Gasteiger partial charge in [0, 0.05) is 21.1 Å². The molecule has 1 fully saturated rings. The summed E-state index contributed by atoms with van der Waals surface area (Å²) < 4.78 is 65.7. The summed E-state index contributed by atoms with van der Waals surface area (Å²) in [5, 5.41) is 10.4. The van der Waals surface area contributed by atoms with Crippen LogP contribution in [0.1, 0.15) is 47.9 Å². The Morgan fingerprint density at radius 1 is 1.28 bits per heavy atom. The second-order valence-electron chi connectivity index (χ2n) is 8.11. The summed E-state index contributed by atoms with van der Waals surface area (Å²) in [5.41, 5.74) is 0.781. The van der Waals surface area contributed by atoms with Crippen LogP contribution in [-0.4, -0.2) is 47.3 Å². The van der Waals surface area contributed by atoms with E-state index in [0.29, 0.717) is 30.8 Å². The minimum Gasteiger partial charge on any atom is -0.383 e. The Labute approximate surface area is 191 Å². The van der Waals surface area contributed by atoms with Gasteiger partial charge in [-0.1, -0.05) is 25.2 Å². The maximum Gasteiger partial charge on any atom is 0.291 e. The fourth-order valence-electron chi connectivity index (χ4n) is 2.92. The standard InChI is InChI=1S/C18H22F2N6O2S2.CH3F.2H2/c1-10(2)7-21-12-6-11(30(27,28)25-18(3)4-5-18)9-26-13(12)8-22-15(26)17-24-23-16(29-17)14(19)20;1-2;;/h6,8-10,14,21,25H,4-5,7H2,1-3H3;1H3;2*1H. The third-order valence-electron chi connectivity index (χ3n) is 4.83. The molecule has 2 N–H and O–H groups in total. The normalized spacial score (nSPS) is 15.2. The van der Waals surface area contributed by atoms with Gasteiger partial charge in [0.2, 0.25) is 10.0 Å². The zero-order chi connectivity index (χ0) is 23.7. The largest absolute Gasteiger partial charge is 0.383 e. The quantitative estimate of drug-likeness (QED) is 0.468. The molecule has 0 atom stereocenters. The van der Waals surface area contributed by atoms with E-state index in [2.05, 4.69) is 25.2 Å². The second kappa shape index (κ2) is 9.32. The first-order valence-electron chi connectivity index (χ1n) is 9.87. The molecule has 3 aromatic heterocycles. The molecule has 180 valence electrons. The highest BCUT2D eigenvalue weighted by Crippen LogP contribution is 2.37. The Bertz CT molecular complexity index is 1200. The molecule has 3 heterocycles. The Hall–Kier alpha value is -2.25. The number of alkyl halides is 3. The molecule has 8 nitrogen and oxygen atoms in total. The van der Waals surface area contributed by atoms with Crippen LogP contribution >= 0.6 is 11.3 Å². The molecule has 4 rings (SSSR count). The molecule has 0 radical (unpaired) electrons. The molecule has 0 amide bonds. The number of nitrogens with zero attached hydrogens (tertiary/aromatic N) is 4. The highest BCUT2D eigenvalue weighted by Gasteiger charge is 2.41. The summed E-state index contributed by atoms with van der Waals surface area (Å²) in [4.78, 5) is 4.37. The van der Waals surface area contributed by atoms with E-state index in [9.17, 15) is 21.6 Å². The molecule has 1 saturated carbocycles. The van der Waals surface area contributed by atoms with Gasteiger partial charge in [-0.05, 0) is 31.7 Å². The van der Waals surface area contributed by atoms with Crippen molar-refractivity contribution in [2.45, 2.75) is 50.5 Å². The topological polar surface area (TPSA) is 101 Å². The lowest BCUT2D eigenvalue weighted by Crippen LogP contribution is -2.34. The lowest BCUT2D eigenvalue weighted by molar-refractivity contribution is 0.150. The Balaban J connectivity index is 0.00000141. The van der Waals surface area contributed by atoms with Crippen molar-refractivity contribution in [1.29, 1.82) is 0 Å². The number of pyridine rings is 1. The van der Waals surface area contributed by atoms with Crippen molar-refractivity contribution < 1.29 is 24.4 Å². The van der Waals surface area contributed by atoms with Crippen molar-refractivity contribution in [3.8, 4) is 10.8 Å². The minimum atomic E-state index is -3.78. The van der Waals surface area contributed by atoms with Crippen LogP contribution in [0.2, 0.25) is 0 Å². The first-order valence-corrected chi connectivity index (χ1v) is 12.2. The molecular formula is C19H29F3N6O2S2. The van der Waals surface area contributed by atoms with E-state index in [4.69, 9.17) is 0 Å². The number of rotatable bonds is 8. The predicted molar refractivity (Wildman–Crippen MR) is 122 cm³/mol. The molecule has 0 saturated heterocycles. The van der Waals surface area contributed by atoms with Crippen LogP contribution in [0.25, 0.3) is 16.3 Å². The van der Waals surface area contributed by atoms with Crippen LogP contribution in [-0.2, 0) is 10.0 Å². The van der Waals surface area contributed by atoms with Crippen molar-refractivity contribution in [2.75, 3.05) is 19.0 Å². The van der Waals surface area contributed by atoms with Gasteiger partial charge in [0.25, 0.3) is 6.43 Å². The van der Waals surface area contributed by atoms with Gasteiger partial charge in [0.15, 0.2) is 15.8 Å². The van der Waals surface area contributed by atoms with Crippen LogP contribution in [0.4, 0.5) is 18.9 Å². The summed E-state index contributed by atoms with van der Waals surface area (Å²) in [6.45, 7) is 6.56. The van der Waals surface area contributed by atoms with Crippen LogP contribution < -0.4 is 10.0 Å². The van der Waals surface area contributed by atoms with Gasteiger partial charge in [0.05, 0.1) is 24.6 Å². The fourth-order valence-corrected chi connectivity index (χ4v) is 5.10. The number of anilines is 1. The molecule has 0 aliphatic heterocycles. The van der Waals surface area contributed by atoms with E-state index >= 15 is 0 Å². The smallest absolute Gasteiger partial charge is 0.291 e. The summed E-state index contributed by atoms with van der Waals surface area (Å²) >= 11 is 0.730. The molecule has 1 aliphatic carbocycles. The number of aromatic nitrogens is 4. The molecule has 0 unspecified atom stereocenters. The maximum absolute atomic E-state index is 13.0. The van der Waals surface area contributed by atoms with Gasteiger partial charge in [-0.2, -0.15) is 0 Å². The first kappa shape index (κ1) is 24.4. The van der Waals surface area contributed by atoms with E-state index in [1.807, 2.05) is 20.8 Å². The average molecular weight is 495 g/mol. The highest BCUT2D eigenvalue weighted by molar-refractivity contribution is 7.89. The van der Waals surface area contributed by atoms with Crippen LogP contribution in [0.3, 0.4) is 0 Å². The van der Waals surface area contributed by atoms with Gasteiger partial charge in [-0.15, -0.1) is 10.2 Å². The maximum atomic E-state index is 13.0. The zero-order valence-corrected chi connectivity index (χ0v) is 19.7. The lowest BCUT2D eigenvalue weighted by atomic mass is 10.2. The summed E-state index contributed by atoms with van der Waals surface area (Å²) in [7, 11) is -3.28. The number of hydrogen-bond donors (Lipinski definition) is 2. The van der Waals surface area contributed by atoms with Crippen LogP contribution in [0, 0.1) is 5.92 Å². The fraction of sp³-hybridized carbons (Fsp3) is 0.526. The third-order valence-corrected chi connectivity index (χ3v) is 7.36. The van der Waals surface area contributed by atoms with Gasteiger partial charge in [-0.25, -0.2) is 26.9 Å². The van der Waals surface area contributed by atoms with E-state index in [1.165, 1.54) is 6.20 Å². The number of nitrogens with one attached hydrogen (secondary N) is 2. The predicted octanol–water partition coefficient (Wildman–Crippen LogP) is 4.77. The Morgan fingerprint density at radius 2 is 1.97 bits per heavy atom. The van der Waals surface area contributed by atoms with Gasteiger partial charge in [0.1, 0.15) is 4.90 Å². The Kier molecular flexibility index (Phi) is 7.10. The number of fused-ring (bicyclic) bond motifs is 1. The SMILES string of the molecule is CC(C)CNc1cc(S(=O)(=O)NC2(C)CC2)cn2c(-c3nnc(C(F)F)s3)ncc12.CF.[HH].[HH]. The zero-order valence-electron chi connectivity index (χ0n) is 18.1. The van der Waals surface area contributed by atoms with Gasteiger partial charge >= 0.3 is 0 Å². The minimum absolute atomic E-state index is 0. The molecule has 1 aliphatic rings. The van der Waals surface area contributed by atoms with Crippen molar-refractivity contribution >= 4 is 32.6 Å². The molecular weight excluding hydrogens is 465 g/mol. The molecule has 3 aromatic rings. The van der Waals surface area contributed by atoms with Crippen LogP contribution in [0.5, 0.6) is 0 Å². The molecule has 13 heteroatoms. The number of hydrogen-bond acceptors (Lipinski definition) is 7. The molecule has 0 spiro atoms. The van der Waals surface area contributed by atoms with Crippen molar-refractivity contribution in [1.82, 2.24) is 24.3 Å². The van der Waals surface area contributed by atoms with Gasteiger partial charge < -0.3 is 5.32 Å². The molecule has 0 aromatic carbocycles. The first-order chi connectivity index (χ1) is 15.1. The number of imidazole rings is 1. The van der Waals surface area contributed by atoms with E-state index in [0.717, 1.165) is 24.2 Å². The monoisotopic (exact) mass is 494 g/mol. The van der Waals surface area contributed by atoms with Crippen molar-refractivity contribution in [3.63, 3.8) is 0 Å². The van der Waals surface area contributed by atoms with Crippen LogP contribution in [0.15, 0.2) is 23.4 Å². The van der Waals surface area contributed by atoms with Crippen molar-refractivity contribution in [2.24, 2.45) is 5.92 Å². The lowest BCUT2D eigenvalue weighted by Gasteiger charge is -2.16. The third kappa shape index (κ3) is 5.21. The molecule has 0 bridgehead atoms. The summed E-state index contributed by atoms with van der Waals surface area (Å²) in [5.74, 6) is 0.588. The van der Waals surface area contributed by atoms with E-state index < -0.39 is 27.0 Å². The number of sulfonamides is 1. The van der Waals surface area contributed by atoms with E-state index in [1.54, 1.807) is 16.7 Å². The summed E-state index contributed by atoms with van der Waals surface area (Å²) in [6.07, 6.45) is 1.84. The summed E-state index contributed by atoms with van der Waals surface area (Å²) in [6, 6.07) is 1.57. The average Bonchev–Trinajstić information content (AvgIpc) is 3.13. The molecule has 32 heavy (non-hydrogen) atoms. The second-order valence-corrected chi connectivity index (χ2v) is 10.8.